The van der Waals surface area contributed by atoms with Crippen molar-refractivity contribution in [1.82, 2.24) is 4.31 Å². The van der Waals surface area contributed by atoms with E-state index in [-0.39, 0.29) is 5.91 Å². The van der Waals surface area contributed by atoms with Crippen LogP contribution >= 0.6 is 0 Å². The molecule has 0 saturated carbocycles. The topological polar surface area (TPSA) is 75.7 Å². The average Bonchev–Trinajstić information content (AvgIpc) is 2.48. The molecule has 0 aromatic heterocycles. The standard InChI is InChI=1S/C15H22N2O4S/c1-3-21-13-9-7-12(8-10-13)16-15(18)14-6-4-5-11-17(14)22(2,19)20/h7-10,14H,3-6,11H2,1-2H3,(H,16,18). The first-order chi connectivity index (χ1) is 10.4. The van der Waals surface area contributed by atoms with Crippen molar-refractivity contribution in [3.05, 3.63) is 24.3 Å². The summed E-state index contributed by atoms with van der Waals surface area (Å²) in [5.41, 5.74) is 0.632. The van der Waals surface area contributed by atoms with Gasteiger partial charge in [0.1, 0.15) is 11.8 Å². The number of amides is 1. The van der Waals surface area contributed by atoms with Crippen molar-refractivity contribution in [1.29, 1.82) is 0 Å². The van der Waals surface area contributed by atoms with Crippen LogP contribution in [0.4, 0.5) is 5.69 Å². The maximum absolute atomic E-state index is 12.4. The first-order valence-corrected chi connectivity index (χ1v) is 9.27. The number of hydrogen-bond acceptors (Lipinski definition) is 4. The van der Waals surface area contributed by atoms with Crippen LogP contribution < -0.4 is 10.1 Å². The van der Waals surface area contributed by atoms with Gasteiger partial charge in [-0.3, -0.25) is 4.79 Å². The molecule has 1 aromatic carbocycles. The summed E-state index contributed by atoms with van der Waals surface area (Å²) in [7, 11) is -3.37. The molecular weight excluding hydrogens is 304 g/mol. The fourth-order valence-corrected chi connectivity index (χ4v) is 3.71. The number of carbonyl (C=O) groups is 1. The smallest absolute Gasteiger partial charge is 0.242 e. The van der Waals surface area contributed by atoms with Crippen molar-refractivity contribution in [3.63, 3.8) is 0 Å². The third-order valence-corrected chi connectivity index (χ3v) is 4.90. The van der Waals surface area contributed by atoms with Crippen LogP contribution in [0, 0.1) is 0 Å². The Morgan fingerprint density at radius 2 is 2.00 bits per heavy atom. The van der Waals surface area contributed by atoms with Gasteiger partial charge in [-0.15, -0.1) is 0 Å². The fourth-order valence-electron chi connectivity index (χ4n) is 2.59. The van der Waals surface area contributed by atoms with E-state index in [1.807, 2.05) is 6.92 Å². The molecule has 1 atom stereocenters. The summed E-state index contributed by atoms with van der Waals surface area (Å²) in [6, 6.07) is 6.41. The maximum Gasteiger partial charge on any atom is 0.242 e. The van der Waals surface area contributed by atoms with E-state index in [4.69, 9.17) is 4.74 Å². The lowest BCUT2D eigenvalue weighted by atomic mass is 10.0. The number of piperidine rings is 1. The number of carbonyl (C=O) groups excluding carboxylic acids is 1. The molecule has 1 N–H and O–H groups in total. The third kappa shape index (κ3) is 4.20. The summed E-state index contributed by atoms with van der Waals surface area (Å²) in [6.07, 6.45) is 3.35. The summed E-state index contributed by atoms with van der Waals surface area (Å²) in [6.45, 7) is 2.88. The number of hydrogen-bond donors (Lipinski definition) is 1. The molecule has 1 heterocycles. The van der Waals surface area contributed by atoms with E-state index < -0.39 is 16.1 Å². The highest BCUT2D eigenvalue weighted by Gasteiger charge is 2.34. The zero-order valence-electron chi connectivity index (χ0n) is 12.9. The van der Waals surface area contributed by atoms with E-state index in [2.05, 4.69) is 5.32 Å². The molecule has 2 rings (SSSR count). The van der Waals surface area contributed by atoms with E-state index in [1.165, 1.54) is 4.31 Å². The zero-order chi connectivity index (χ0) is 16.2. The molecule has 1 fully saturated rings. The first kappa shape index (κ1) is 16.8. The molecule has 122 valence electrons. The Balaban J connectivity index is 2.06. The fraction of sp³-hybridized carbons (Fsp3) is 0.533. The molecule has 22 heavy (non-hydrogen) atoms. The van der Waals surface area contributed by atoms with Crippen LogP contribution in [0.1, 0.15) is 26.2 Å². The molecule has 1 amide bonds. The van der Waals surface area contributed by atoms with Gasteiger partial charge in [0.05, 0.1) is 12.9 Å². The molecular formula is C15H22N2O4S. The van der Waals surface area contributed by atoms with E-state index in [0.717, 1.165) is 24.8 Å². The zero-order valence-corrected chi connectivity index (χ0v) is 13.7. The lowest BCUT2D eigenvalue weighted by Gasteiger charge is -2.32. The summed E-state index contributed by atoms with van der Waals surface area (Å²) >= 11 is 0. The van der Waals surface area contributed by atoms with Gasteiger partial charge in [-0.05, 0) is 44.0 Å². The number of nitrogens with one attached hydrogen (secondary N) is 1. The second-order valence-corrected chi connectivity index (χ2v) is 7.27. The SMILES string of the molecule is CCOc1ccc(NC(=O)C2CCCCN2S(C)(=O)=O)cc1. The van der Waals surface area contributed by atoms with Gasteiger partial charge in [-0.1, -0.05) is 6.42 Å². The van der Waals surface area contributed by atoms with Crippen LogP contribution in [0.2, 0.25) is 0 Å². The van der Waals surface area contributed by atoms with Crippen molar-refractivity contribution in [3.8, 4) is 5.75 Å². The number of anilines is 1. The molecule has 0 spiro atoms. The monoisotopic (exact) mass is 326 g/mol. The van der Waals surface area contributed by atoms with Crippen molar-refractivity contribution >= 4 is 21.6 Å². The predicted molar refractivity (Wildman–Crippen MR) is 85.4 cm³/mol. The predicted octanol–water partition coefficient (Wildman–Crippen LogP) is 1.84. The quantitative estimate of drug-likeness (QED) is 0.896. The molecule has 7 heteroatoms. The van der Waals surface area contributed by atoms with Crippen LogP contribution in [0.15, 0.2) is 24.3 Å². The highest BCUT2D eigenvalue weighted by atomic mass is 32.2. The number of ether oxygens (including phenoxy) is 1. The largest absolute Gasteiger partial charge is 0.494 e. The van der Waals surface area contributed by atoms with E-state index in [1.54, 1.807) is 24.3 Å². The van der Waals surface area contributed by atoms with Crippen LogP contribution in [0.3, 0.4) is 0 Å². The highest BCUT2D eigenvalue weighted by molar-refractivity contribution is 7.88. The molecule has 1 aliphatic heterocycles. The van der Waals surface area contributed by atoms with E-state index in [0.29, 0.717) is 25.3 Å². The minimum Gasteiger partial charge on any atom is -0.494 e. The molecule has 1 aliphatic rings. The summed E-state index contributed by atoms with van der Waals surface area (Å²) < 4.78 is 30.2. The van der Waals surface area contributed by atoms with Gasteiger partial charge in [0.15, 0.2) is 0 Å². The van der Waals surface area contributed by atoms with Crippen LogP contribution in [0.25, 0.3) is 0 Å². The van der Waals surface area contributed by atoms with Gasteiger partial charge in [0.2, 0.25) is 15.9 Å². The summed E-state index contributed by atoms with van der Waals surface area (Å²) in [4.78, 5) is 12.4. The first-order valence-electron chi connectivity index (χ1n) is 7.42. The van der Waals surface area contributed by atoms with Gasteiger partial charge in [0, 0.05) is 12.2 Å². The minimum absolute atomic E-state index is 0.283. The van der Waals surface area contributed by atoms with E-state index in [9.17, 15) is 13.2 Å². The Labute approximate surface area is 131 Å². The van der Waals surface area contributed by atoms with Gasteiger partial charge < -0.3 is 10.1 Å². The maximum atomic E-state index is 12.4. The molecule has 1 saturated heterocycles. The normalized spacial score (nSPS) is 19.6. The van der Waals surface area contributed by atoms with Crippen molar-refractivity contribution < 1.29 is 17.9 Å². The number of nitrogens with zero attached hydrogens (tertiary/aromatic N) is 1. The number of sulfonamides is 1. The summed E-state index contributed by atoms with van der Waals surface area (Å²) in [5, 5.41) is 2.78. The number of rotatable bonds is 5. The second kappa shape index (κ2) is 7.11. The van der Waals surface area contributed by atoms with Gasteiger partial charge in [-0.25, -0.2) is 8.42 Å². The molecule has 1 aromatic rings. The Kier molecular flexibility index (Phi) is 5.42. The Morgan fingerprint density at radius 3 is 2.59 bits per heavy atom. The third-order valence-electron chi connectivity index (χ3n) is 3.62. The van der Waals surface area contributed by atoms with Crippen LogP contribution in [-0.4, -0.2) is 44.1 Å². The van der Waals surface area contributed by atoms with E-state index >= 15 is 0 Å². The molecule has 6 nitrogen and oxygen atoms in total. The van der Waals surface area contributed by atoms with Gasteiger partial charge in [-0.2, -0.15) is 4.31 Å². The second-order valence-electron chi connectivity index (χ2n) is 5.33. The van der Waals surface area contributed by atoms with Crippen LogP contribution in [0.5, 0.6) is 5.75 Å². The summed E-state index contributed by atoms with van der Waals surface area (Å²) in [5.74, 6) is 0.449. The Morgan fingerprint density at radius 1 is 1.32 bits per heavy atom. The molecule has 1 unspecified atom stereocenters. The highest BCUT2D eigenvalue weighted by Crippen LogP contribution is 2.22. The van der Waals surface area contributed by atoms with Crippen molar-refractivity contribution in [2.24, 2.45) is 0 Å². The average molecular weight is 326 g/mol. The van der Waals surface area contributed by atoms with Gasteiger partial charge in [0.25, 0.3) is 0 Å². The lowest BCUT2D eigenvalue weighted by Crippen LogP contribution is -2.49. The minimum atomic E-state index is -3.37. The molecule has 0 aliphatic carbocycles. The Bertz CT molecular complexity index is 613. The molecule has 0 bridgehead atoms. The molecule has 0 radical (unpaired) electrons. The number of benzene rings is 1. The van der Waals surface area contributed by atoms with Crippen molar-refractivity contribution in [2.75, 3.05) is 24.7 Å². The Hall–Kier alpha value is -1.60. The van der Waals surface area contributed by atoms with Crippen molar-refractivity contribution in [2.45, 2.75) is 32.2 Å². The van der Waals surface area contributed by atoms with Gasteiger partial charge >= 0.3 is 0 Å². The lowest BCUT2D eigenvalue weighted by molar-refractivity contribution is -0.120. The van der Waals surface area contributed by atoms with Crippen LogP contribution in [-0.2, 0) is 14.8 Å².